The molecular weight excluding hydrogens is 726 g/mol. The molecule has 2 atom stereocenters. The van der Waals surface area contributed by atoms with Crippen molar-refractivity contribution in [3.63, 3.8) is 0 Å². The number of carbonyl (C=O) groups excluding carboxylic acids is 4. The van der Waals surface area contributed by atoms with Gasteiger partial charge in [0.2, 0.25) is 23.7 Å². The summed E-state index contributed by atoms with van der Waals surface area (Å²) in [6.07, 6.45) is 4.12. The SMILES string of the molecule is CC(=O)NC1CCCN(c2nnc(C(N)=O)c(Nc3ccc(N4CCN(CC5CCN(c6ccc(NC7CCC(=O)NC7=O)c(F)c6)CC5)CC4)c(F)c3)n2)C1. The van der Waals surface area contributed by atoms with Crippen molar-refractivity contribution < 1.29 is 28.0 Å². The van der Waals surface area contributed by atoms with Crippen molar-refractivity contribution in [1.29, 1.82) is 0 Å². The number of rotatable bonds is 11. The molecule has 1 aromatic heterocycles. The molecule has 3 aromatic rings. The molecule has 4 amide bonds. The first-order chi connectivity index (χ1) is 27.0. The number of halogens is 2. The Hall–Kier alpha value is -5.65. The topological polar surface area (TPSA) is 194 Å². The van der Waals surface area contributed by atoms with E-state index in [0.717, 1.165) is 64.1 Å². The van der Waals surface area contributed by atoms with E-state index in [-0.39, 0.29) is 47.4 Å². The number of nitrogens with two attached hydrogens (primary N) is 1. The van der Waals surface area contributed by atoms with Crippen LogP contribution in [0.5, 0.6) is 0 Å². The largest absolute Gasteiger partial charge is 0.371 e. The number of amides is 4. The molecule has 56 heavy (non-hydrogen) atoms. The zero-order valence-electron chi connectivity index (χ0n) is 31.4. The Kier molecular flexibility index (Phi) is 11.7. The molecule has 0 aliphatic carbocycles. The molecule has 18 heteroatoms. The van der Waals surface area contributed by atoms with E-state index >= 15 is 8.78 Å². The summed E-state index contributed by atoms with van der Waals surface area (Å²) in [5.41, 5.74) is 7.31. The van der Waals surface area contributed by atoms with E-state index in [0.29, 0.717) is 49.9 Å². The Bertz CT molecular complexity index is 1950. The highest BCUT2D eigenvalue weighted by Gasteiger charge is 2.29. The van der Waals surface area contributed by atoms with Gasteiger partial charge >= 0.3 is 0 Å². The van der Waals surface area contributed by atoms with Gasteiger partial charge < -0.3 is 36.4 Å². The maximum atomic E-state index is 15.6. The van der Waals surface area contributed by atoms with Crippen molar-refractivity contribution >= 4 is 58.1 Å². The lowest BCUT2D eigenvalue weighted by molar-refractivity contribution is -0.133. The zero-order valence-corrected chi connectivity index (χ0v) is 31.4. The number of carbonyl (C=O) groups is 4. The number of primary amides is 1. The fourth-order valence-electron chi connectivity index (χ4n) is 7.99. The quantitative estimate of drug-likeness (QED) is 0.179. The lowest BCUT2D eigenvalue weighted by Gasteiger charge is -2.40. The molecule has 2 aromatic carbocycles. The number of benzene rings is 2. The highest BCUT2D eigenvalue weighted by molar-refractivity contribution is 6.01. The van der Waals surface area contributed by atoms with Crippen LogP contribution in [-0.2, 0) is 14.4 Å². The summed E-state index contributed by atoms with van der Waals surface area (Å²) in [7, 11) is 0. The lowest BCUT2D eigenvalue weighted by Crippen LogP contribution is -2.49. The molecule has 16 nitrogen and oxygen atoms in total. The highest BCUT2D eigenvalue weighted by Crippen LogP contribution is 2.30. The second-order valence-corrected chi connectivity index (χ2v) is 15.0. The number of nitrogens with zero attached hydrogens (tertiary/aromatic N) is 7. The molecular formula is C38H48F2N12O4. The van der Waals surface area contributed by atoms with Crippen molar-refractivity contribution in [1.82, 2.24) is 30.7 Å². The number of aromatic nitrogens is 3. The average molecular weight is 775 g/mol. The molecule has 298 valence electrons. The normalized spacial score (nSPS) is 21.1. The van der Waals surface area contributed by atoms with Crippen molar-refractivity contribution in [3.8, 4) is 0 Å². The highest BCUT2D eigenvalue weighted by atomic mass is 19.1. The van der Waals surface area contributed by atoms with Crippen LogP contribution in [0.15, 0.2) is 36.4 Å². The van der Waals surface area contributed by atoms with Gasteiger partial charge in [-0.2, -0.15) is 4.98 Å². The van der Waals surface area contributed by atoms with Gasteiger partial charge in [-0.3, -0.25) is 29.4 Å². The minimum absolute atomic E-state index is 0.0668. The molecule has 4 aliphatic heterocycles. The second-order valence-electron chi connectivity index (χ2n) is 15.0. The monoisotopic (exact) mass is 774 g/mol. The van der Waals surface area contributed by atoms with E-state index in [1.807, 2.05) is 15.9 Å². The Morgan fingerprint density at radius 2 is 1.68 bits per heavy atom. The van der Waals surface area contributed by atoms with Crippen LogP contribution in [0.3, 0.4) is 0 Å². The average Bonchev–Trinajstić information content (AvgIpc) is 3.17. The molecule has 0 spiro atoms. The summed E-state index contributed by atoms with van der Waals surface area (Å²) in [4.78, 5) is 60.3. The number of hydrogen-bond acceptors (Lipinski definition) is 13. The van der Waals surface area contributed by atoms with E-state index in [1.54, 1.807) is 18.2 Å². The van der Waals surface area contributed by atoms with Gasteiger partial charge in [0.25, 0.3) is 5.91 Å². The number of imide groups is 1. The molecule has 5 heterocycles. The first-order valence-corrected chi connectivity index (χ1v) is 19.2. The van der Waals surface area contributed by atoms with Crippen LogP contribution in [-0.4, -0.2) is 115 Å². The Balaban J connectivity index is 0.888. The number of nitrogens with one attached hydrogen (secondary N) is 4. The van der Waals surface area contributed by atoms with Gasteiger partial charge in [-0.1, -0.05) is 0 Å². The molecule has 4 fully saturated rings. The van der Waals surface area contributed by atoms with Crippen LogP contribution in [0.1, 0.15) is 55.9 Å². The third-order valence-corrected chi connectivity index (χ3v) is 11.0. The van der Waals surface area contributed by atoms with Crippen LogP contribution in [0, 0.1) is 17.6 Å². The van der Waals surface area contributed by atoms with Crippen LogP contribution < -0.4 is 41.7 Å². The van der Waals surface area contributed by atoms with Crippen LogP contribution in [0.25, 0.3) is 0 Å². The lowest BCUT2D eigenvalue weighted by atomic mass is 9.95. The van der Waals surface area contributed by atoms with Gasteiger partial charge in [0.1, 0.15) is 17.7 Å². The van der Waals surface area contributed by atoms with Crippen molar-refractivity contribution in [2.45, 2.75) is 57.5 Å². The Morgan fingerprint density at radius 3 is 2.38 bits per heavy atom. The summed E-state index contributed by atoms with van der Waals surface area (Å²) in [5, 5.41) is 19.3. The number of piperazine rings is 1. The van der Waals surface area contributed by atoms with Crippen molar-refractivity contribution in [2.24, 2.45) is 11.7 Å². The van der Waals surface area contributed by atoms with Gasteiger partial charge in [0, 0.05) is 89.7 Å². The minimum atomic E-state index is -0.822. The van der Waals surface area contributed by atoms with Gasteiger partial charge in [-0.25, -0.2) is 8.78 Å². The van der Waals surface area contributed by atoms with Gasteiger partial charge in [0.15, 0.2) is 11.5 Å². The molecule has 4 saturated heterocycles. The minimum Gasteiger partial charge on any atom is -0.371 e. The summed E-state index contributed by atoms with van der Waals surface area (Å²) in [6.45, 7) is 8.09. The molecule has 2 unspecified atom stereocenters. The third kappa shape index (κ3) is 9.23. The number of anilines is 6. The molecule has 6 N–H and O–H groups in total. The molecule has 0 radical (unpaired) electrons. The first kappa shape index (κ1) is 38.6. The zero-order chi connectivity index (χ0) is 39.3. The Morgan fingerprint density at radius 1 is 0.893 bits per heavy atom. The maximum Gasteiger partial charge on any atom is 0.273 e. The van der Waals surface area contributed by atoms with Crippen molar-refractivity contribution in [3.05, 3.63) is 53.7 Å². The fourth-order valence-corrected chi connectivity index (χ4v) is 7.99. The summed E-state index contributed by atoms with van der Waals surface area (Å²) in [6, 6.07) is 9.11. The second kappa shape index (κ2) is 17.0. The summed E-state index contributed by atoms with van der Waals surface area (Å²) < 4.78 is 30.6. The third-order valence-electron chi connectivity index (χ3n) is 11.0. The van der Waals surface area contributed by atoms with E-state index in [9.17, 15) is 19.2 Å². The smallest absolute Gasteiger partial charge is 0.273 e. The van der Waals surface area contributed by atoms with E-state index < -0.39 is 29.5 Å². The van der Waals surface area contributed by atoms with Crippen LogP contribution >= 0.6 is 0 Å². The van der Waals surface area contributed by atoms with Crippen molar-refractivity contribution in [2.75, 3.05) is 84.2 Å². The summed E-state index contributed by atoms with van der Waals surface area (Å²) in [5.74, 6) is -1.70. The van der Waals surface area contributed by atoms with Gasteiger partial charge in [0.05, 0.1) is 11.4 Å². The maximum absolute atomic E-state index is 15.6. The van der Waals surface area contributed by atoms with E-state index in [1.165, 1.54) is 19.1 Å². The number of hydrogen-bond donors (Lipinski definition) is 5. The van der Waals surface area contributed by atoms with Gasteiger partial charge in [-0.15, -0.1) is 10.2 Å². The standard InChI is InChI=1S/C38H48F2N12O4/c1-23(53)42-26-3-2-12-52(22-26)38-46-36(34(35(41)55)47-48-38)43-25-4-8-32(29(40)19-25)51-17-15-49(16-18-51)21-24-10-13-50(14-11-24)27-5-6-30(28(39)20-27)44-31-7-9-33(54)45-37(31)56/h4-6,8,19-20,24,26,31,44H,2-3,7,9-18,21-22H2,1H3,(H2,41,55)(H,42,53)(H,43,46,48)(H,45,54,56). The van der Waals surface area contributed by atoms with Crippen LogP contribution in [0.2, 0.25) is 0 Å². The molecule has 0 saturated carbocycles. The van der Waals surface area contributed by atoms with E-state index in [4.69, 9.17) is 5.73 Å². The molecule has 0 bridgehead atoms. The predicted molar refractivity (Wildman–Crippen MR) is 207 cm³/mol. The molecule has 7 rings (SSSR count). The van der Waals surface area contributed by atoms with Crippen LogP contribution in [0.4, 0.5) is 43.3 Å². The Labute approximate surface area is 323 Å². The predicted octanol–water partition coefficient (Wildman–Crippen LogP) is 2.35. The number of piperidine rings is 3. The molecule has 4 aliphatic rings. The van der Waals surface area contributed by atoms with Gasteiger partial charge in [-0.05, 0) is 74.4 Å². The van der Waals surface area contributed by atoms with E-state index in [2.05, 4.69) is 46.2 Å². The summed E-state index contributed by atoms with van der Waals surface area (Å²) >= 11 is 0. The fraction of sp³-hybridized carbons (Fsp3) is 0.500. The first-order valence-electron chi connectivity index (χ1n) is 19.2.